The number of H-pyrrole nitrogens is 1. The fraction of sp³-hybridized carbons (Fsp3) is 0.400. The Morgan fingerprint density at radius 1 is 0.971 bits per heavy atom. The first-order chi connectivity index (χ1) is 33.0. The van der Waals surface area contributed by atoms with Crippen LogP contribution in [0.1, 0.15) is 116 Å². The molecule has 1 amide bonds. The SMILES string of the molecule is Cc1cc(-n2nc(CI)c([C@@H]3CCCCN3C(=O)c3cc4cc(C5CCOC(C)(C)C5)cc(F)c4n3[C@@]3(c4noc(=O)[nH]4)C[C@@H]3C)c2-n2ccn(-c3ccc4c(cnn4C)c3F)c2=O)cc(C)c1F. The molecule has 1 N–H and O–H groups in total. The third-order valence-corrected chi connectivity index (χ3v) is 15.5. The summed E-state index contributed by atoms with van der Waals surface area (Å²) in [5.41, 5.74) is 2.09. The normalized spacial score (nSPS) is 21.5. The number of aromatic nitrogens is 9. The number of halogens is 4. The second-order valence-electron chi connectivity index (χ2n) is 19.6. The van der Waals surface area contributed by atoms with Crippen LogP contribution >= 0.6 is 22.6 Å². The Labute approximate surface area is 407 Å². The Hall–Kier alpha value is -6.22. The van der Waals surface area contributed by atoms with Crippen LogP contribution in [-0.4, -0.2) is 73.0 Å². The second kappa shape index (κ2) is 16.5. The number of ether oxygens (including phenoxy) is 1. The summed E-state index contributed by atoms with van der Waals surface area (Å²) in [6.07, 6.45) is 8.17. The fourth-order valence-electron chi connectivity index (χ4n) is 11.3. The number of alkyl halides is 1. The number of benzene rings is 3. The molecule has 0 radical (unpaired) electrons. The van der Waals surface area contributed by atoms with Crippen molar-refractivity contribution in [2.75, 3.05) is 13.2 Å². The highest BCUT2D eigenvalue weighted by molar-refractivity contribution is 14.1. The molecule has 2 saturated heterocycles. The van der Waals surface area contributed by atoms with E-state index in [1.807, 2.05) is 26.8 Å². The lowest BCUT2D eigenvalue weighted by Crippen LogP contribution is -2.41. The number of rotatable bonds is 9. The van der Waals surface area contributed by atoms with E-state index < -0.39 is 46.2 Å². The zero-order valence-electron chi connectivity index (χ0n) is 38.9. The largest absolute Gasteiger partial charge is 0.438 e. The van der Waals surface area contributed by atoms with Gasteiger partial charge in [0.25, 0.3) is 5.91 Å². The summed E-state index contributed by atoms with van der Waals surface area (Å²) in [4.78, 5) is 47.8. The van der Waals surface area contributed by atoms with E-state index in [-0.39, 0.29) is 45.8 Å². The van der Waals surface area contributed by atoms with Crippen LogP contribution in [0.2, 0.25) is 0 Å². The highest BCUT2D eigenvalue weighted by Gasteiger charge is 2.59. The molecule has 4 atom stereocenters. The van der Waals surface area contributed by atoms with E-state index in [0.717, 1.165) is 12.0 Å². The van der Waals surface area contributed by atoms with E-state index in [1.165, 1.54) is 27.6 Å². The summed E-state index contributed by atoms with van der Waals surface area (Å²) >= 11 is 2.22. The van der Waals surface area contributed by atoms with Gasteiger partial charge in [-0.1, -0.05) is 34.7 Å². The molecule has 0 spiro atoms. The molecular weight excluding hydrogens is 1000 g/mol. The van der Waals surface area contributed by atoms with E-state index in [2.05, 4.69) is 37.8 Å². The number of likely N-dealkylation sites (tertiary alicyclic amines) is 1. The third-order valence-electron chi connectivity index (χ3n) is 14.8. The van der Waals surface area contributed by atoms with Gasteiger partial charge in [-0.25, -0.2) is 27.4 Å². The van der Waals surface area contributed by atoms with Gasteiger partial charge < -0.3 is 14.2 Å². The van der Waals surface area contributed by atoms with Crippen molar-refractivity contribution in [3.63, 3.8) is 0 Å². The molecule has 8 aromatic rings. The van der Waals surface area contributed by atoms with Crippen LogP contribution < -0.4 is 11.4 Å². The molecule has 358 valence electrons. The Morgan fingerprint density at radius 2 is 1.72 bits per heavy atom. The van der Waals surface area contributed by atoms with Crippen LogP contribution in [0.25, 0.3) is 39.0 Å². The Morgan fingerprint density at radius 3 is 2.42 bits per heavy atom. The van der Waals surface area contributed by atoms with Gasteiger partial charge in [-0.2, -0.15) is 10.2 Å². The van der Waals surface area contributed by atoms with Crippen molar-refractivity contribution in [1.82, 2.24) is 48.3 Å². The second-order valence-corrected chi connectivity index (χ2v) is 20.4. The van der Waals surface area contributed by atoms with Crippen molar-refractivity contribution in [2.45, 2.75) is 101 Å². The van der Waals surface area contributed by atoms with Crippen molar-refractivity contribution >= 4 is 50.3 Å². The van der Waals surface area contributed by atoms with Gasteiger partial charge in [0.15, 0.2) is 11.6 Å². The lowest BCUT2D eigenvalue weighted by molar-refractivity contribution is -0.0593. The fourth-order valence-corrected chi connectivity index (χ4v) is 11.9. The highest BCUT2D eigenvalue weighted by Crippen LogP contribution is 2.56. The van der Waals surface area contributed by atoms with Crippen molar-refractivity contribution in [1.29, 1.82) is 0 Å². The molecule has 3 fully saturated rings. The predicted molar refractivity (Wildman–Crippen MR) is 259 cm³/mol. The Kier molecular flexibility index (Phi) is 10.8. The molecule has 15 nitrogen and oxygen atoms in total. The lowest BCUT2D eigenvalue weighted by Gasteiger charge is -2.37. The Bertz CT molecular complexity index is 3500. The Balaban J connectivity index is 1.10. The number of fused-ring (bicyclic) bond motifs is 2. The quantitative estimate of drug-likeness (QED) is 0.111. The highest BCUT2D eigenvalue weighted by atomic mass is 127. The number of hydrogen-bond donors (Lipinski definition) is 1. The van der Waals surface area contributed by atoms with Gasteiger partial charge in [0.05, 0.1) is 51.3 Å². The zero-order chi connectivity index (χ0) is 48.4. The van der Waals surface area contributed by atoms with Crippen molar-refractivity contribution < 1.29 is 27.2 Å². The maximum absolute atomic E-state index is 17.2. The molecule has 0 bridgehead atoms. The van der Waals surface area contributed by atoms with Gasteiger partial charge in [-0.05, 0) is 137 Å². The van der Waals surface area contributed by atoms with Gasteiger partial charge in [-0.3, -0.25) is 28.1 Å². The summed E-state index contributed by atoms with van der Waals surface area (Å²) < 4.78 is 67.7. The maximum Gasteiger partial charge on any atom is 0.438 e. The molecule has 19 heteroatoms. The summed E-state index contributed by atoms with van der Waals surface area (Å²) in [5.74, 6) is -2.30. The molecule has 3 aromatic carbocycles. The van der Waals surface area contributed by atoms with Crippen LogP contribution in [0, 0.1) is 37.2 Å². The maximum atomic E-state index is 17.2. The summed E-state index contributed by atoms with van der Waals surface area (Å²) in [7, 11) is 1.71. The third kappa shape index (κ3) is 7.15. The molecule has 2 aliphatic heterocycles. The van der Waals surface area contributed by atoms with E-state index in [0.29, 0.717) is 94.5 Å². The van der Waals surface area contributed by atoms with Gasteiger partial charge in [-0.15, -0.1) is 0 Å². The van der Waals surface area contributed by atoms with Crippen LogP contribution in [0.15, 0.2) is 75.2 Å². The van der Waals surface area contributed by atoms with E-state index in [1.54, 1.807) is 76.3 Å². The summed E-state index contributed by atoms with van der Waals surface area (Å²) in [6.45, 7) is 10.2. The first kappa shape index (κ1) is 45.2. The van der Waals surface area contributed by atoms with Crippen LogP contribution in [0.3, 0.4) is 0 Å². The van der Waals surface area contributed by atoms with Crippen LogP contribution in [-0.2, 0) is 21.8 Å². The molecule has 3 aliphatic rings. The van der Waals surface area contributed by atoms with E-state index >= 15 is 18.0 Å². The standard InChI is InChI=1S/C50H50F3IN10O5/c1-26-17-32(18-27(2)41(26)52)64-44(62-15-14-61(48(62)67)38-11-10-36-33(42(38)53)25-55-59(36)6)40(35(24-54)57-64)37-9-7-8-13-60(37)45(65)39-21-31-19-30(29-12-16-68-49(4,5)23-29)20-34(51)43(31)63(39)50(22-28(50)3)46-56-47(66)69-58-46/h10-11,14-15,17-21,25,28-29,37H,7-9,12-13,16,22-24H2,1-6H3,(H,56,58,66)/t28-,29?,37-,50-/m0/s1. The monoisotopic (exact) mass is 1050 g/mol. The molecule has 1 aliphatic carbocycles. The predicted octanol–water partition coefficient (Wildman–Crippen LogP) is 9.12. The number of aryl methyl sites for hydroxylation is 3. The molecule has 11 rings (SSSR count). The number of imidazole rings is 1. The van der Waals surface area contributed by atoms with Crippen LogP contribution in [0.4, 0.5) is 13.2 Å². The number of amides is 1. The molecule has 7 heterocycles. The first-order valence-electron chi connectivity index (χ1n) is 23.2. The molecule has 1 unspecified atom stereocenters. The number of aromatic amines is 1. The van der Waals surface area contributed by atoms with Gasteiger partial charge in [0.2, 0.25) is 0 Å². The van der Waals surface area contributed by atoms with Crippen LogP contribution in [0.5, 0.6) is 0 Å². The van der Waals surface area contributed by atoms with E-state index in [4.69, 9.17) is 14.4 Å². The summed E-state index contributed by atoms with van der Waals surface area (Å²) in [6, 6.07) is 11.2. The lowest BCUT2D eigenvalue weighted by atomic mass is 9.83. The number of nitrogens with one attached hydrogen (secondary N) is 1. The average Bonchev–Trinajstić information content (AvgIpc) is 3.95. The van der Waals surface area contributed by atoms with Crippen molar-refractivity contribution in [3.8, 4) is 17.2 Å². The number of nitrogens with zero attached hydrogens (tertiary/aromatic N) is 9. The van der Waals surface area contributed by atoms with Gasteiger partial charge in [0.1, 0.15) is 28.7 Å². The number of hydrogen-bond acceptors (Lipinski definition) is 8. The zero-order valence-corrected chi connectivity index (χ0v) is 41.1. The molecule has 69 heavy (non-hydrogen) atoms. The summed E-state index contributed by atoms with van der Waals surface area (Å²) in [5, 5.41) is 14.2. The smallest absolute Gasteiger partial charge is 0.376 e. The van der Waals surface area contributed by atoms with Crippen molar-refractivity contribution in [3.05, 3.63) is 139 Å². The number of carbonyl (C=O) groups excluding carboxylic acids is 1. The van der Waals surface area contributed by atoms with Gasteiger partial charge >= 0.3 is 11.4 Å². The minimum Gasteiger partial charge on any atom is -0.376 e. The van der Waals surface area contributed by atoms with E-state index in [9.17, 15) is 9.59 Å². The minimum atomic E-state index is -1.11. The number of carbonyl (C=O) groups is 1. The molecular formula is C50H50F3IN10O5. The molecule has 5 aromatic heterocycles. The first-order valence-corrected chi connectivity index (χ1v) is 24.8. The van der Waals surface area contributed by atoms with Crippen molar-refractivity contribution in [2.24, 2.45) is 13.0 Å². The minimum absolute atomic E-state index is 0.0179. The van der Waals surface area contributed by atoms with Gasteiger partial charge in [0, 0.05) is 48.0 Å². The topological polar surface area (TPSA) is 156 Å². The molecule has 1 saturated carbocycles. The number of piperidine rings is 1. The average molecular weight is 1050 g/mol.